The van der Waals surface area contributed by atoms with Crippen molar-refractivity contribution in [3.63, 3.8) is 0 Å². The summed E-state index contributed by atoms with van der Waals surface area (Å²) in [5.41, 5.74) is 2.77. The van der Waals surface area contributed by atoms with E-state index in [0.29, 0.717) is 6.42 Å². The molecule has 4 nitrogen and oxygen atoms in total. The van der Waals surface area contributed by atoms with Crippen molar-refractivity contribution in [1.29, 1.82) is 0 Å². The van der Waals surface area contributed by atoms with Crippen molar-refractivity contribution in [2.75, 3.05) is 6.61 Å². The molecule has 0 atom stereocenters. The molecule has 0 amide bonds. The van der Waals surface area contributed by atoms with Crippen molar-refractivity contribution in [3.8, 4) is 0 Å². The van der Waals surface area contributed by atoms with E-state index in [2.05, 4.69) is 15.1 Å². The molecule has 0 aromatic heterocycles. The van der Waals surface area contributed by atoms with Gasteiger partial charge in [0, 0.05) is 0 Å². The number of nitrogens with two attached hydrogens (primary N) is 1. The van der Waals surface area contributed by atoms with Crippen molar-refractivity contribution in [3.05, 3.63) is 17.9 Å². The van der Waals surface area contributed by atoms with Crippen LogP contribution in [-0.2, 0) is 14.5 Å². The minimum absolute atomic E-state index is 0.0691. The third-order valence-electron chi connectivity index (χ3n) is 0.794. The molecule has 0 rings (SSSR count). The molecule has 0 aliphatic heterocycles. The molecule has 0 aliphatic carbocycles. The van der Waals surface area contributed by atoms with Gasteiger partial charge in [-0.3, -0.25) is 4.18 Å². The van der Waals surface area contributed by atoms with E-state index < -0.39 is 10.3 Å². The highest BCUT2D eigenvalue weighted by Gasteiger charge is 1.98. The SMILES string of the molecule is CC=C=CCCOS(N)(=O)=O. The summed E-state index contributed by atoms with van der Waals surface area (Å²) in [4.78, 5) is 0. The summed E-state index contributed by atoms with van der Waals surface area (Å²) in [7, 11) is -3.77. The van der Waals surface area contributed by atoms with Gasteiger partial charge in [0.15, 0.2) is 0 Å². The second-order valence-corrected chi connectivity index (χ2v) is 2.98. The molecule has 0 heterocycles. The van der Waals surface area contributed by atoms with Gasteiger partial charge in [0.05, 0.1) is 6.61 Å². The molecule has 0 unspecified atom stereocenters. The van der Waals surface area contributed by atoms with Crippen LogP contribution in [-0.4, -0.2) is 15.0 Å². The summed E-state index contributed by atoms with van der Waals surface area (Å²) in [6.45, 7) is 1.89. The van der Waals surface area contributed by atoms with Crippen LogP contribution in [0.2, 0.25) is 0 Å². The number of rotatable bonds is 4. The fourth-order valence-electron chi connectivity index (χ4n) is 0.424. The number of hydrogen-bond donors (Lipinski definition) is 1. The zero-order chi connectivity index (χ0) is 8.74. The molecular weight excluding hydrogens is 166 g/mol. The number of hydrogen-bond acceptors (Lipinski definition) is 3. The summed E-state index contributed by atoms with van der Waals surface area (Å²) in [6, 6.07) is 0. The molecule has 0 aromatic carbocycles. The molecule has 0 saturated carbocycles. The van der Waals surface area contributed by atoms with E-state index in [9.17, 15) is 8.42 Å². The Morgan fingerprint density at radius 2 is 2.27 bits per heavy atom. The predicted molar refractivity (Wildman–Crippen MR) is 42.0 cm³/mol. The Kier molecular flexibility index (Phi) is 4.81. The lowest BCUT2D eigenvalue weighted by Crippen LogP contribution is -2.16. The first-order valence-corrected chi connectivity index (χ1v) is 4.56. The minimum atomic E-state index is -3.77. The largest absolute Gasteiger partial charge is 0.333 e. The zero-order valence-corrected chi connectivity index (χ0v) is 7.10. The van der Waals surface area contributed by atoms with E-state index >= 15 is 0 Å². The van der Waals surface area contributed by atoms with Gasteiger partial charge in [0.25, 0.3) is 0 Å². The van der Waals surface area contributed by atoms with E-state index in [1.165, 1.54) is 0 Å². The highest BCUT2D eigenvalue weighted by atomic mass is 32.2. The van der Waals surface area contributed by atoms with E-state index in [4.69, 9.17) is 0 Å². The minimum Gasteiger partial charge on any atom is -0.258 e. The lowest BCUT2D eigenvalue weighted by Gasteiger charge is -1.94. The molecule has 0 spiro atoms. The second kappa shape index (κ2) is 5.09. The van der Waals surface area contributed by atoms with E-state index in [1.54, 1.807) is 12.2 Å². The van der Waals surface area contributed by atoms with Crippen LogP contribution in [0.1, 0.15) is 13.3 Å². The van der Waals surface area contributed by atoms with Crippen LogP contribution < -0.4 is 5.14 Å². The van der Waals surface area contributed by atoms with Gasteiger partial charge < -0.3 is 0 Å². The molecular formula is C6H11NO3S. The average molecular weight is 177 g/mol. The molecule has 0 fully saturated rings. The van der Waals surface area contributed by atoms with Crippen molar-refractivity contribution in [1.82, 2.24) is 0 Å². The molecule has 0 bridgehead atoms. The van der Waals surface area contributed by atoms with Crippen molar-refractivity contribution in [2.24, 2.45) is 5.14 Å². The average Bonchev–Trinajstić information content (AvgIpc) is 1.85. The van der Waals surface area contributed by atoms with Gasteiger partial charge in [-0.05, 0) is 25.5 Å². The normalized spacial score (nSPS) is 10.4. The summed E-state index contributed by atoms with van der Waals surface area (Å²) < 4.78 is 24.6. The summed E-state index contributed by atoms with van der Waals surface area (Å²) in [6.07, 6.45) is 3.88. The van der Waals surface area contributed by atoms with E-state index in [1.807, 2.05) is 6.92 Å². The standard InChI is InChI=1S/C6H11NO3S/c1-2-3-4-5-6-10-11(7,8)9/h2,4H,5-6H2,1H3,(H2,7,8,9). The molecule has 0 aromatic rings. The first-order chi connectivity index (χ1) is 5.06. The van der Waals surface area contributed by atoms with Gasteiger partial charge in [0.1, 0.15) is 0 Å². The smallest absolute Gasteiger partial charge is 0.258 e. The Balaban J connectivity index is 3.52. The van der Waals surface area contributed by atoms with Crippen LogP contribution in [0, 0.1) is 0 Å². The zero-order valence-electron chi connectivity index (χ0n) is 6.28. The van der Waals surface area contributed by atoms with Gasteiger partial charge in [-0.15, -0.1) is 5.73 Å². The molecule has 5 heteroatoms. The van der Waals surface area contributed by atoms with Crippen LogP contribution in [0.3, 0.4) is 0 Å². The highest BCUT2D eigenvalue weighted by Crippen LogP contribution is 1.87. The Bertz CT molecular complexity index is 249. The fourth-order valence-corrected chi connectivity index (χ4v) is 0.753. The predicted octanol–water partition coefficient (Wildman–Crippen LogP) is 0.328. The molecule has 64 valence electrons. The topological polar surface area (TPSA) is 69.4 Å². The van der Waals surface area contributed by atoms with E-state index in [0.717, 1.165) is 0 Å². The Hall–Kier alpha value is -0.610. The lowest BCUT2D eigenvalue weighted by atomic mass is 10.4. The molecule has 0 aliphatic rings. The second-order valence-electron chi connectivity index (χ2n) is 1.76. The van der Waals surface area contributed by atoms with Crippen LogP contribution >= 0.6 is 0 Å². The maximum Gasteiger partial charge on any atom is 0.333 e. The molecule has 0 saturated heterocycles. The lowest BCUT2D eigenvalue weighted by molar-refractivity contribution is 0.325. The Morgan fingerprint density at radius 3 is 2.73 bits per heavy atom. The highest BCUT2D eigenvalue weighted by molar-refractivity contribution is 7.84. The third-order valence-corrected chi connectivity index (χ3v) is 1.29. The monoisotopic (exact) mass is 177 g/mol. The van der Waals surface area contributed by atoms with Gasteiger partial charge >= 0.3 is 10.3 Å². The quantitative estimate of drug-likeness (QED) is 0.497. The van der Waals surface area contributed by atoms with Crippen molar-refractivity contribution >= 4 is 10.3 Å². The van der Waals surface area contributed by atoms with Crippen molar-refractivity contribution in [2.45, 2.75) is 13.3 Å². The third kappa shape index (κ3) is 9.39. The van der Waals surface area contributed by atoms with Gasteiger partial charge in [-0.2, -0.15) is 8.42 Å². The van der Waals surface area contributed by atoms with Gasteiger partial charge in [-0.25, -0.2) is 5.14 Å². The maximum absolute atomic E-state index is 10.2. The summed E-state index contributed by atoms with van der Waals surface area (Å²) in [5.74, 6) is 0. The van der Waals surface area contributed by atoms with Crippen LogP contribution in [0.5, 0.6) is 0 Å². The maximum atomic E-state index is 10.2. The molecule has 11 heavy (non-hydrogen) atoms. The first kappa shape index (κ1) is 10.4. The fraction of sp³-hybridized carbons (Fsp3) is 0.500. The van der Waals surface area contributed by atoms with Gasteiger partial charge in [-0.1, -0.05) is 0 Å². The Morgan fingerprint density at radius 1 is 1.64 bits per heavy atom. The van der Waals surface area contributed by atoms with Crippen LogP contribution in [0.4, 0.5) is 0 Å². The first-order valence-electron chi connectivity index (χ1n) is 3.09. The van der Waals surface area contributed by atoms with Crippen LogP contribution in [0.15, 0.2) is 17.9 Å². The molecule has 0 radical (unpaired) electrons. The van der Waals surface area contributed by atoms with Crippen LogP contribution in [0.25, 0.3) is 0 Å². The van der Waals surface area contributed by atoms with Crippen molar-refractivity contribution < 1.29 is 12.6 Å². The summed E-state index contributed by atoms with van der Waals surface area (Å²) in [5, 5.41) is 4.56. The summed E-state index contributed by atoms with van der Waals surface area (Å²) >= 11 is 0. The van der Waals surface area contributed by atoms with Gasteiger partial charge in [0.2, 0.25) is 0 Å². The Labute approximate surface area is 66.6 Å². The van der Waals surface area contributed by atoms with E-state index in [-0.39, 0.29) is 6.61 Å². The molecule has 2 N–H and O–H groups in total.